The van der Waals surface area contributed by atoms with Crippen molar-refractivity contribution in [3.8, 4) is 0 Å². The summed E-state index contributed by atoms with van der Waals surface area (Å²) in [5.74, 6) is -0.886. The minimum atomic E-state index is -0.540. The van der Waals surface area contributed by atoms with Gasteiger partial charge in [0.1, 0.15) is 0 Å². The number of hydrogen-bond acceptors (Lipinski definition) is 5. The Kier molecular flexibility index (Phi) is 3.83. The molecule has 0 atom stereocenters. The van der Waals surface area contributed by atoms with Crippen molar-refractivity contribution in [3.05, 3.63) is 81.7 Å². The van der Waals surface area contributed by atoms with Gasteiger partial charge in [0, 0.05) is 23.9 Å². The number of nitro benzene ring substituents is 1. The van der Waals surface area contributed by atoms with Crippen molar-refractivity contribution in [1.29, 1.82) is 0 Å². The van der Waals surface area contributed by atoms with Crippen molar-refractivity contribution in [2.24, 2.45) is 0 Å². The molecule has 0 amide bonds. The molecule has 2 aromatic heterocycles. The number of methoxy groups -OCH3 is 1. The van der Waals surface area contributed by atoms with E-state index < -0.39 is 10.9 Å². The minimum Gasteiger partial charge on any atom is -0.465 e. The summed E-state index contributed by atoms with van der Waals surface area (Å²) in [6.45, 7) is 0. The molecular weight excluding hydrogens is 312 g/mol. The van der Waals surface area contributed by atoms with E-state index in [1.165, 1.54) is 37.4 Å². The fraction of sp³-hybridized carbons (Fsp3) is 0.0588. The van der Waals surface area contributed by atoms with Crippen LogP contribution in [0, 0.1) is 10.1 Å². The Morgan fingerprint density at radius 1 is 1.12 bits per heavy atom. The number of pyridine rings is 1. The molecule has 0 radical (unpaired) electrons. The summed E-state index contributed by atoms with van der Waals surface area (Å²) >= 11 is 0. The van der Waals surface area contributed by atoms with Crippen molar-refractivity contribution >= 4 is 23.0 Å². The molecule has 7 heteroatoms. The summed E-state index contributed by atoms with van der Waals surface area (Å²) in [5, 5.41) is 10.7. The number of benzene rings is 1. The first-order chi connectivity index (χ1) is 11.5. The highest BCUT2D eigenvalue weighted by Crippen LogP contribution is 2.21. The Balaban J connectivity index is 2.10. The summed E-state index contributed by atoms with van der Waals surface area (Å²) < 4.78 is 6.34. The number of hydrogen-bond donors (Lipinski definition) is 0. The van der Waals surface area contributed by atoms with Crippen LogP contribution in [0.1, 0.15) is 26.4 Å². The molecule has 120 valence electrons. The van der Waals surface area contributed by atoms with E-state index >= 15 is 0 Å². The Labute approximate surface area is 136 Å². The van der Waals surface area contributed by atoms with Crippen LogP contribution in [0.15, 0.2) is 54.7 Å². The number of nitrogens with zero attached hydrogens (tertiary/aromatic N) is 2. The number of aromatic nitrogens is 1. The predicted octanol–water partition coefficient (Wildman–Crippen LogP) is 2.87. The van der Waals surface area contributed by atoms with Crippen LogP contribution in [0.2, 0.25) is 0 Å². The number of ether oxygens (including phenoxy) is 1. The summed E-state index contributed by atoms with van der Waals surface area (Å²) in [4.78, 5) is 34.8. The van der Waals surface area contributed by atoms with Gasteiger partial charge in [0.05, 0.1) is 28.8 Å². The van der Waals surface area contributed by atoms with Crippen LogP contribution in [-0.2, 0) is 4.74 Å². The Bertz CT molecular complexity index is 957. The van der Waals surface area contributed by atoms with E-state index in [0.717, 1.165) is 0 Å². The molecule has 0 aliphatic rings. The van der Waals surface area contributed by atoms with Gasteiger partial charge in [-0.25, -0.2) is 4.79 Å². The first kappa shape index (κ1) is 15.4. The van der Waals surface area contributed by atoms with Crippen LogP contribution in [0.4, 0.5) is 5.69 Å². The number of rotatable bonds is 4. The molecule has 3 aromatic rings. The molecule has 0 aliphatic heterocycles. The SMILES string of the molecule is COC(=O)c1cc(C(=O)c2ccc([N+](=O)[O-])cc2)n2ccccc12. The van der Waals surface area contributed by atoms with Gasteiger partial charge in [0.2, 0.25) is 5.78 Å². The van der Waals surface area contributed by atoms with Crippen LogP contribution >= 0.6 is 0 Å². The summed E-state index contributed by atoms with van der Waals surface area (Å²) in [6, 6.07) is 12.0. The average molecular weight is 324 g/mol. The molecular formula is C17H12N2O5. The van der Waals surface area contributed by atoms with Gasteiger partial charge < -0.3 is 9.14 Å². The minimum absolute atomic E-state index is 0.0955. The zero-order chi connectivity index (χ0) is 17.3. The second-order valence-corrected chi connectivity index (χ2v) is 5.02. The van der Waals surface area contributed by atoms with Crippen LogP contribution in [0.5, 0.6) is 0 Å². The zero-order valence-electron chi connectivity index (χ0n) is 12.6. The van der Waals surface area contributed by atoms with E-state index in [4.69, 9.17) is 4.74 Å². The number of ketones is 1. The van der Waals surface area contributed by atoms with E-state index in [1.807, 2.05) is 0 Å². The Hall–Kier alpha value is -3.48. The lowest BCUT2D eigenvalue weighted by Crippen LogP contribution is -2.05. The van der Waals surface area contributed by atoms with Gasteiger partial charge in [0.15, 0.2) is 0 Å². The number of nitro groups is 1. The second kappa shape index (κ2) is 5.96. The summed E-state index contributed by atoms with van der Waals surface area (Å²) in [5.41, 5.74) is 1.31. The van der Waals surface area contributed by atoms with Crippen molar-refractivity contribution in [2.45, 2.75) is 0 Å². The predicted molar refractivity (Wildman–Crippen MR) is 85.3 cm³/mol. The van der Waals surface area contributed by atoms with Crippen LogP contribution in [0.25, 0.3) is 5.52 Å². The number of carbonyl (C=O) groups excluding carboxylic acids is 2. The van der Waals surface area contributed by atoms with Crippen molar-refractivity contribution < 1.29 is 19.2 Å². The molecule has 0 saturated heterocycles. The molecule has 0 spiro atoms. The molecule has 2 heterocycles. The lowest BCUT2D eigenvalue weighted by Gasteiger charge is -2.02. The highest BCUT2D eigenvalue weighted by atomic mass is 16.6. The summed E-state index contributed by atoms with van der Waals surface area (Å²) in [6.07, 6.45) is 1.67. The molecule has 24 heavy (non-hydrogen) atoms. The molecule has 7 nitrogen and oxygen atoms in total. The maximum Gasteiger partial charge on any atom is 0.340 e. The highest BCUT2D eigenvalue weighted by Gasteiger charge is 2.21. The fourth-order valence-corrected chi connectivity index (χ4v) is 2.48. The van der Waals surface area contributed by atoms with E-state index in [9.17, 15) is 19.7 Å². The molecule has 0 N–H and O–H groups in total. The standard InChI is InChI=1S/C17H12N2O5/c1-24-17(21)13-10-15(18-9-3-2-4-14(13)18)16(20)11-5-7-12(8-6-11)19(22)23/h2-10H,1H3. The van der Waals surface area contributed by atoms with Gasteiger partial charge in [0.25, 0.3) is 5.69 Å². The van der Waals surface area contributed by atoms with Gasteiger partial charge in [-0.1, -0.05) is 6.07 Å². The molecule has 0 saturated carbocycles. The largest absolute Gasteiger partial charge is 0.465 e. The lowest BCUT2D eigenvalue weighted by molar-refractivity contribution is -0.384. The molecule has 0 unspecified atom stereocenters. The normalized spacial score (nSPS) is 10.5. The van der Waals surface area contributed by atoms with E-state index in [2.05, 4.69) is 0 Å². The van der Waals surface area contributed by atoms with E-state index in [-0.39, 0.29) is 22.7 Å². The van der Waals surface area contributed by atoms with Gasteiger partial charge in [-0.15, -0.1) is 0 Å². The number of non-ortho nitro benzene ring substituents is 1. The lowest BCUT2D eigenvalue weighted by atomic mass is 10.1. The molecule has 0 bridgehead atoms. The van der Waals surface area contributed by atoms with E-state index in [1.54, 1.807) is 28.8 Å². The average Bonchev–Trinajstić information content (AvgIpc) is 3.00. The van der Waals surface area contributed by atoms with Gasteiger partial charge in [-0.05, 0) is 30.3 Å². The van der Waals surface area contributed by atoms with Gasteiger partial charge in [-0.2, -0.15) is 0 Å². The van der Waals surface area contributed by atoms with Crippen molar-refractivity contribution in [1.82, 2.24) is 4.40 Å². The third-order valence-electron chi connectivity index (χ3n) is 3.65. The first-order valence-electron chi connectivity index (χ1n) is 7.00. The monoisotopic (exact) mass is 324 g/mol. The fourth-order valence-electron chi connectivity index (χ4n) is 2.48. The van der Waals surface area contributed by atoms with E-state index in [0.29, 0.717) is 11.1 Å². The quantitative estimate of drug-likeness (QED) is 0.318. The molecule has 1 aromatic carbocycles. The molecule has 3 rings (SSSR count). The van der Waals surface area contributed by atoms with Gasteiger partial charge >= 0.3 is 5.97 Å². The molecule has 0 fully saturated rings. The molecule has 0 aliphatic carbocycles. The number of carbonyl (C=O) groups is 2. The topological polar surface area (TPSA) is 90.9 Å². The smallest absolute Gasteiger partial charge is 0.340 e. The Morgan fingerprint density at radius 2 is 1.83 bits per heavy atom. The highest BCUT2D eigenvalue weighted by molar-refractivity contribution is 6.11. The second-order valence-electron chi connectivity index (χ2n) is 5.02. The third-order valence-corrected chi connectivity index (χ3v) is 3.65. The number of esters is 1. The summed E-state index contributed by atoms with van der Waals surface area (Å²) in [7, 11) is 1.27. The third kappa shape index (κ3) is 2.52. The maximum atomic E-state index is 12.7. The van der Waals surface area contributed by atoms with Crippen LogP contribution in [0.3, 0.4) is 0 Å². The van der Waals surface area contributed by atoms with Gasteiger partial charge in [-0.3, -0.25) is 14.9 Å². The first-order valence-corrected chi connectivity index (χ1v) is 7.00. The Morgan fingerprint density at radius 3 is 2.46 bits per heavy atom. The van der Waals surface area contributed by atoms with Crippen LogP contribution < -0.4 is 0 Å². The van der Waals surface area contributed by atoms with Crippen LogP contribution in [-0.4, -0.2) is 28.2 Å². The van der Waals surface area contributed by atoms with Crippen molar-refractivity contribution in [3.63, 3.8) is 0 Å². The maximum absolute atomic E-state index is 12.7. The number of fused-ring (bicyclic) bond motifs is 1. The zero-order valence-corrected chi connectivity index (χ0v) is 12.6. The van der Waals surface area contributed by atoms with Crippen molar-refractivity contribution in [2.75, 3.05) is 7.11 Å².